The topological polar surface area (TPSA) is 79.2 Å². The Morgan fingerprint density at radius 2 is 1.89 bits per heavy atom. The number of fused-ring (bicyclic) bond motifs is 1. The van der Waals surface area contributed by atoms with E-state index in [1.54, 1.807) is 12.1 Å². The van der Waals surface area contributed by atoms with Gasteiger partial charge >= 0.3 is 0 Å². The molecule has 4 rings (SSSR count). The Kier molecular flexibility index (Phi) is 5.38. The molecule has 28 heavy (non-hydrogen) atoms. The molecule has 0 aromatic heterocycles. The molecule has 150 valence electrons. The van der Waals surface area contributed by atoms with Crippen molar-refractivity contribution in [2.75, 3.05) is 13.2 Å². The van der Waals surface area contributed by atoms with Gasteiger partial charge in [-0.2, -0.15) is 0 Å². The first-order valence-corrected chi connectivity index (χ1v) is 10.00. The van der Waals surface area contributed by atoms with E-state index in [4.69, 9.17) is 21.1 Å². The highest BCUT2D eigenvalue weighted by molar-refractivity contribution is 6.31. The number of hydrogen-bond donors (Lipinski definition) is 3. The standard InChI is InChI=1S/C22H25ClO5/c1-2-27-16-6-3-13(4-7-16)9-15-10-14(5-8-18(15)23)21-20(26)19(25)17-11-22(17,12-24)28-21/h3-8,10,17,19-21,24-26H,2,9,11-12H2,1H3/t17-,19-,20-,21+,22+/m1/s1. The van der Waals surface area contributed by atoms with Gasteiger partial charge in [-0.25, -0.2) is 0 Å². The van der Waals surface area contributed by atoms with Crippen LogP contribution >= 0.6 is 11.6 Å². The number of halogens is 1. The van der Waals surface area contributed by atoms with Crippen molar-refractivity contribution in [1.29, 1.82) is 0 Å². The third-order valence-electron chi connectivity index (χ3n) is 5.81. The van der Waals surface area contributed by atoms with E-state index in [1.165, 1.54) is 0 Å². The molecule has 5 atom stereocenters. The summed E-state index contributed by atoms with van der Waals surface area (Å²) in [7, 11) is 0. The minimum Gasteiger partial charge on any atom is -0.494 e. The fraction of sp³-hybridized carbons (Fsp3) is 0.455. The van der Waals surface area contributed by atoms with Crippen LogP contribution in [-0.2, 0) is 11.2 Å². The van der Waals surface area contributed by atoms with Gasteiger partial charge in [0.05, 0.1) is 24.9 Å². The van der Waals surface area contributed by atoms with Crippen LogP contribution in [0.2, 0.25) is 5.02 Å². The second kappa shape index (κ2) is 7.65. The molecule has 0 spiro atoms. The van der Waals surface area contributed by atoms with Gasteiger partial charge in [-0.15, -0.1) is 0 Å². The van der Waals surface area contributed by atoms with Crippen molar-refractivity contribution in [3.8, 4) is 5.75 Å². The van der Waals surface area contributed by atoms with Gasteiger partial charge in [-0.1, -0.05) is 35.9 Å². The summed E-state index contributed by atoms with van der Waals surface area (Å²) in [5, 5.41) is 31.2. The molecule has 1 aliphatic carbocycles. The number of ether oxygens (including phenoxy) is 2. The first-order chi connectivity index (χ1) is 13.5. The average molecular weight is 405 g/mol. The Hall–Kier alpha value is -1.63. The predicted octanol–water partition coefficient (Wildman–Crippen LogP) is 2.87. The molecule has 1 saturated carbocycles. The van der Waals surface area contributed by atoms with Gasteiger partial charge in [0, 0.05) is 10.9 Å². The summed E-state index contributed by atoms with van der Waals surface area (Å²) >= 11 is 6.41. The van der Waals surface area contributed by atoms with Crippen LogP contribution in [0.15, 0.2) is 42.5 Å². The molecule has 0 bridgehead atoms. The lowest BCUT2D eigenvalue weighted by Gasteiger charge is -2.36. The zero-order chi connectivity index (χ0) is 19.9. The van der Waals surface area contributed by atoms with Crippen LogP contribution in [0.4, 0.5) is 0 Å². The van der Waals surface area contributed by atoms with E-state index in [0.717, 1.165) is 22.4 Å². The van der Waals surface area contributed by atoms with Crippen LogP contribution in [0, 0.1) is 5.92 Å². The fourth-order valence-electron chi connectivity index (χ4n) is 4.10. The second-order valence-corrected chi connectivity index (χ2v) is 8.06. The van der Waals surface area contributed by atoms with Crippen LogP contribution in [0.1, 0.15) is 36.1 Å². The molecule has 5 nitrogen and oxygen atoms in total. The minimum atomic E-state index is -1.04. The first kappa shape index (κ1) is 19.7. The molecular formula is C22H25ClO5. The van der Waals surface area contributed by atoms with Crippen molar-refractivity contribution in [3.05, 3.63) is 64.2 Å². The molecule has 2 aliphatic rings. The highest BCUT2D eigenvalue weighted by atomic mass is 35.5. The summed E-state index contributed by atoms with van der Waals surface area (Å²) in [6.07, 6.45) is -1.46. The third kappa shape index (κ3) is 3.53. The number of aliphatic hydroxyl groups is 3. The minimum absolute atomic E-state index is 0.162. The Labute approximate surface area is 169 Å². The lowest BCUT2D eigenvalue weighted by molar-refractivity contribution is -0.186. The Bertz CT molecular complexity index is 839. The molecule has 1 heterocycles. The molecule has 2 aromatic rings. The lowest BCUT2D eigenvalue weighted by Crippen LogP contribution is -2.46. The molecular weight excluding hydrogens is 380 g/mol. The molecule has 1 aliphatic heterocycles. The number of rotatable bonds is 6. The van der Waals surface area contributed by atoms with Crippen molar-refractivity contribution in [1.82, 2.24) is 0 Å². The van der Waals surface area contributed by atoms with Crippen molar-refractivity contribution in [2.45, 2.75) is 43.7 Å². The molecule has 0 radical (unpaired) electrons. The van der Waals surface area contributed by atoms with Gasteiger partial charge < -0.3 is 24.8 Å². The zero-order valence-electron chi connectivity index (χ0n) is 15.7. The van der Waals surface area contributed by atoms with Gasteiger partial charge in [0.15, 0.2) is 0 Å². The summed E-state index contributed by atoms with van der Waals surface area (Å²) in [6.45, 7) is 2.41. The van der Waals surface area contributed by atoms with E-state index in [9.17, 15) is 15.3 Å². The second-order valence-electron chi connectivity index (χ2n) is 7.66. The van der Waals surface area contributed by atoms with E-state index in [0.29, 0.717) is 24.5 Å². The molecule has 2 fully saturated rings. The molecule has 3 N–H and O–H groups in total. The van der Waals surface area contributed by atoms with Crippen molar-refractivity contribution < 1.29 is 24.8 Å². The Balaban J connectivity index is 1.56. The van der Waals surface area contributed by atoms with Crippen LogP contribution < -0.4 is 4.74 Å². The number of hydrogen-bond acceptors (Lipinski definition) is 5. The maximum atomic E-state index is 10.5. The largest absolute Gasteiger partial charge is 0.494 e. The monoisotopic (exact) mass is 404 g/mol. The molecule has 6 heteroatoms. The van der Waals surface area contributed by atoms with E-state index in [2.05, 4.69) is 0 Å². The summed E-state index contributed by atoms with van der Waals surface area (Å²) in [5.74, 6) is 0.617. The molecule has 0 unspecified atom stereocenters. The van der Waals surface area contributed by atoms with Crippen LogP contribution in [0.3, 0.4) is 0 Å². The predicted molar refractivity (Wildman–Crippen MR) is 106 cm³/mol. The van der Waals surface area contributed by atoms with Gasteiger partial charge in [0.1, 0.15) is 18.0 Å². The van der Waals surface area contributed by atoms with E-state index < -0.39 is 23.9 Å². The van der Waals surface area contributed by atoms with E-state index in [1.807, 2.05) is 37.3 Å². The van der Waals surface area contributed by atoms with Gasteiger partial charge in [0.2, 0.25) is 0 Å². The smallest absolute Gasteiger partial charge is 0.119 e. The van der Waals surface area contributed by atoms with E-state index >= 15 is 0 Å². The van der Waals surface area contributed by atoms with Crippen LogP contribution in [0.5, 0.6) is 5.75 Å². The molecule has 2 aromatic carbocycles. The highest BCUT2D eigenvalue weighted by Gasteiger charge is 2.65. The quantitative estimate of drug-likeness (QED) is 0.690. The van der Waals surface area contributed by atoms with Crippen molar-refractivity contribution in [3.63, 3.8) is 0 Å². The summed E-state index contributed by atoms with van der Waals surface area (Å²) in [5.41, 5.74) is 2.00. The summed E-state index contributed by atoms with van der Waals surface area (Å²) < 4.78 is 11.5. The zero-order valence-corrected chi connectivity index (χ0v) is 16.5. The summed E-state index contributed by atoms with van der Waals surface area (Å²) in [4.78, 5) is 0. The number of benzene rings is 2. The Morgan fingerprint density at radius 3 is 2.57 bits per heavy atom. The average Bonchev–Trinajstić information content (AvgIpc) is 3.44. The lowest BCUT2D eigenvalue weighted by atomic mass is 9.91. The van der Waals surface area contributed by atoms with Gasteiger partial charge in [0.25, 0.3) is 0 Å². The third-order valence-corrected chi connectivity index (χ3v) is 6.18. The van der Waals surface area contributed by atoms with Crippen molar-refractivity contribution >= 4 is 11.6 Å². The normalized spacial score (nSPS) is 31.3. The Morgan fingerprint density at radius 1 is 1.14 bits per heavy atom. The van der Waals surface area contributed by atoms with Gasteiger partial charge in [-0.05, 0) is 54.7 Å². The van der Waals surface area contributed by atoms with Crippen LogP contribution in [0.25, 0.3) is 0 Å². The van der Waals surface area contributed by atoms with Crippen molar-refractivity contribution in [2.24, 2.45) is 5.92 Å². The number of aliphatic hydroxyl groups excluding tert-OH is 3. The SMILES string of the molecule is CCOc1ccc(Cc2cc([C@@H]3O[C@]4(CO)C[C@@H]4[C@@H](O)[C@H]3O)ccc2Cl)cc1. The first-order valence-electron chi connectivity index (χ1n) is 9.62. The maximum Gasteiger partial charge on any atom is 0.119 e. The fourth-order valence-corrected chi connectivity index (χ4v) is 4.29. The van der Waals surface area contributed by atoms with E-state index in [-0.39, 0.29) is 12.5 Å². The highest BCUT2D eigenvalue weighted by Crippen LogP contribution is 2.56. The van der Waals surface area contributed by atoms with Crippen LogP contribution in [-0.4, -0.2) is 46.3 Å². The van der Waals surface area contributed by atoms with Gasteiger partial charge in [-0.3, -0.25) is 0 Å². The summed E-state index contributed by atoms with van der Waals surface area (Å²) in [6, 6.07) is 13.4. The molecule has 0 amide bonds. The molecule has 1 saturated heterocycles. The maximum absolute atomic E-state index is 10.5.